The topological polar surface area (TPSA) is 74.5 Å². The molecule has 0 spiro atoms. The van der Waals surface area contributed by atoms with Crippen molar-refractivity contribution < 1.29 is 14.4 Å². The van der Waals surface area contributed by atoms with Gasteiger partial charge in [0, 0.05) is 29.8 Å². The summed E-state index contributed by atoms with van der Waals surface area (Å²) in [5, 5.41) is 11.2. The molecule has 0 amide bonds. The lowest BCUT2D eigenvalue weighted by Crippen LogP contribution is -1.92. The molecule has 0 saturated heterocycles. The minimum Gasteiger partial charge on any atom is -0.493 e. The van der Waals surface area contributed by atoms with Gasteiger partial charge in [-0.1, -0.05) is 17.7 Å². The summed E-state index contributed by atoms with van der Waals surface area (Å²) in [6.07, 6.45) is 1.80. The minimum absolute atomic E-state index is 0.144. The van der Waals surface area contributed by atoms with E-state index in [2.05, 4.69) is 11.9 Å². The monoisotopic (exact) mass is 340 g/mol. The third kappa shape index (κ3) is 4.44. The van der Waals surface area contributed by atoms with E-state index < -0.39 is 4.92 Å². The Morgan fingerprint density at radius 1 is 0.960 bits per heavy atom. The molecule has 0 atom stereocenters. The predicted octanol–water partition coefficient (Wildman–Crippen LogP) is 4.46. The van der Waals surface area contributed by atoms with Crippen LogP contribution in [0, 0.1) is 24.0 Å². The van der Waals surface area contributed by atoms with Crippen LogP contribution in [0.1, 0.15) is 11.1 Å². The molecular weight excluding hydrogens is 320 g/mol. The number of hydrogen-bond acceptors (Lipinski definition) is 5. The molecule has 6 nitrogen and oxygen atoms in total. The minimum atomic E-state index is -0.403. The molecule has 0 aliphatic rings. The van der Waals surface area contributed by atoms with E-state index in [9.17, 15) is 10.1 Å². The van der Waals surface area contributed by atoms with Crippen molar-refractivity contribution in [1.82, 2.24) is 4.98 Å². The molecule has 6 heteroatoms. The van der Waals surface area contributed by atoms with E-state index in [-0.39, 0.29) is 5.69 Å². The van der Waals surface area contributed by atoms with E-state index >= 15 is 0 Å². The van der Waals surface area contributed by atoms with Crippen molar-refractivity contribution in [2.45, 2.75) is 13.8 Å². The lowest BCUT2D eigenvalue weighted by molar-refractivity contribution is -0.384. The second-order valence-corrected chi connectivity index (χ2v) is 5.44. The first kappa shape index (κ1) is 18.2. The van der Waals surface area contributed by atoms with E-state index in [4.69, 9.17) is 9.47 Å². The summed E-state index contributed by atoms with van der Waals surface area (Å²) in [5.74, 6) is 1.45. The van der Waals surface area contributed by atoms with Crippen LogP contribution in [0.25, 0.3) is 10.9 Å². The summed E-state index contributed by atoms with van der Waals surface area (Å²) in [6.45, 7) is 3.94. The lowest BCUT2D eigenvalue weighted by Gasteiger charge is -2.09. The first-order valence-corrected chi connectivity index (χ1v) is 7.64. The molecule has 0 N–H and O–H groups in total. The SMILES string of the molecule is COc1cc2nccc(C)c2cc1OC.Cc1ccc([N+](=O)[O-])cc1. The zero-order chi connectivity index (χ0) is 18.4. The third-order valence-electron chi connectivity index (χ3n) is 3.71. The maximum absolute atomic E-state index is 10.1. The van der Waals surface area contributed by atoms with Crippen LogP contribution in [0.5, 0.6) is 11.5 Å². The number of aryl methyl sites for hydroxylation is 2. The number of non-ortho nitro benzene ring substituents is 1. The standard InChI is InChI=1S/C12H13NO2.C7H7NO2/c1-8-4-5-13-10-7-12(15-3)11(14-2)6-9(8)10;1-6-2-4-7(5-3-6)8(9)10/h4-7H,1-3H3;2-5H,1H3. The summed E-state index contributed by atoms with van der Waals surface area (Å²) in [6, 6.07) is 12.3. The average Bonchev–Trinajstić information content (AvgIpc) is 2.62. The second kappa shape index (κ2) is 8.10. The van der Waals surface area contributed by atoms with E-state index in [1.807, 2.05) is 25.1 Å². The Balaban J connectivity index is 0.000000196. The Morgan fingerprint density at radius 3 is 2.12 bits per heavy atom. The number of pyridine rings is 1. The number of fused-ring (bicyclic) bond motifs is 1. The third-order valence-corrected chi connectivity index (χ3v) is 3.71. The van der Waals surface area contributed by atoms with Crippen molar-refractivity contribution >= 4 is 16.6 Å². The Hall–Kier alpha value is -3.15. The molecule has 2 aromatic carbocycles. The van der Waals surface area contributed by atoms with Crippen LogP contribution in [0.2, 0.25) is 0 Å². The van der Waals surface area contributed by atoms with Gasteiger partial charge in [0.2, 0.25) is 0 Å². The van der Waals surface area contributed by atoms with Crippen molar-refractivity contribution in [3.8, 4) is 11.5 Å². The van der Waals surface area contributed by atoms with Crippen LogP contribution in [-0.2, 0) is 0 Å². The van der Waals surface area contributed by atoms with Gasteiger partial charge in [-0.3, -0.25) is 15.1 Å². The molecule has 0 bridgehead atoms. The molecule has 25 heavy (non-hydrogen) atoms. The summed E-state index contributed by atoms with van der Waals surface area (Å²) in [4.78, 5) is 14.0. The molecule has 0 aliphatic carbocycles. The van der Waals surface area contributed by atoms with Gasteiger partial charge >= 0.3 is 0 Å². The molecule has 0 unspecified atom stereocenters. The van der Waals surface area contributed by atoms with E-state index in [1.54, 1.807) is 32.5 Å². The zero-order valence-corrected chi connectivity index (χ0v) is 14.6. The maximum atomic E-state index is 10.1. The summed E-state index contributed by atoms with van der Waals surface area (Å²) in [7, 11) is 3.26. The van der Waals surface area contributed by atoms with E-state index in [0.717, 1.165) is 22.2 Å². The quantitative estimate of drug-likeness (QED) is 0.520. The highest BCUT2D eigenvalue weighted by Crippen LogP contribution is 2.32. The molecule has 0 saturated carbocycles. The number of ether oxygens (including phenoxy) is 2. The van der Waals surface area contributed by atoms with Crippen molar-refractivity contribution in [2.24, 2.45) is 0 Å². The Kier molecular flexibility index (Phi) is 5.89. The Morgan fingerprint density at radius 2 is 1.56 bits per heavy atom. The highest BCUT2D eigenvalue weighted by atomic mass is 16.6. The van der Waals surface area contributed by atoms with Crippen molar-refractivity contribution in [1.29, 1.82) is 0 Å². The predicted molar refractivity (Wildman–Crippen MR) is 97.4 cm³/mol. The molecule has 0 fully saturated rings. The smallest absolute Gasteiger partial charge is 0.269 e. The molecule has 1 aromatic heterocycles. The number of methoxy groups -OCH3 is 2. The summed E-state index contributed by atoms with van der Waals surface area (Å²) >= 11 is 0. The fraction of sp³-hybridized carbons (Fsp3) is 0.211. The van der Waals surface area contributed by atoms with Gasteiger partial charge in [0.25, 0.3) is 5.69 Å². The molecular formula is C19H20N2O4. The van der Waals surface area contributed by atoms with E-state index in [1.165, 1.54) is 17.7 Å². The molecule has 1 heterocycles. The van der Waals surface area contributed by atoms with Crippen molar-refractivity contribution in [3.05, 3.63) is 69.9 Å². The van der Waals surface area contributed by atoms with Gasteiger partial charge < -0.3 is 9.47 Å². The van der Waals surface area contributed by atoms with Gasteiger partial charge in [-0.25, -0.2) is 0 Å². The number of benzene rings is 2. The number of nitro benzene ring substituents is 1. The largest absolute Gasteiger partial charge is 0.493 e. The van der Waals surface area contributed by atoms with Crippen molar-refractivity contribution in [2.75, 3.05) is 14.2 Å². The second-order valence-electron chi connectivity index (χ2n) is 5.44. The normalized spacial score (nSPS) is 9.92. The van der Waals surface area contributed by atoms with Gasteiger partial charge in [0.15, 0.2) is 11.5 Å². The first-order chi connectivity index (χ1) is 12.0. The van der Waals surface area contributed by atoms with E-state index in [0.29, 0.717) is 5.75 Å². The molecule has 130 valence electrons. The number of rotatable bonds is 3. The molecule has 0 radical (unpaired) electrons. The number of nitro groups is 1. The summed E-state index contributed by atoms with van der Waals surface area (Å²) < 4.78 is 10.5. The maximum Gasteiger partial charge on any atom is 0.269 e. The fourth-order valence-corrected chi connectivity index (χ4v) is 2.28. The zero-order valence-electron chi connectivity index (χ0n) is 14.6. The number of nitrogens with zero attached hydrogens (tertiary/aromatic N) is 2. The van der Waals surface area contributed by atoms with Crippen molar-refractivity contribution in [3.63, 3.8) is 0 Å². The van der Waals surface area contributed by atoms with Crippen LogP contribution in [-0.4, -0.2) is 24.1 Å². The molecule has 3 rings (SSSR count). The van der Waals surface area contributed by atoms with Crippen LogP contribution in [0.3, 0.4) is 0 Å². The fourth-order valence-electron chi connectivity index (χ4n) is 2.28. The highest BCUT2D eigenvalue weighted by molar-refractivity contribution is 5.85. The average molecular weight is 340 g/mol. The summed E-state index contributed by atoms with van der Waals surface area (Å²) in [5.41, 5.74) is 3.28. The van der Waals surface area contributed by atoms with Gasteiger partial charge in [-0.05, 0) is 31.5 Å². The van der Waals surface area contributed by atoms with Crippen LogP contribution in [0.15, 0.2) is 48.7 Å². The molecule has 0 aliphatic heterocycles. The molecule has 3 aromatic rings. The van der Waals surface area contributed by atoms with Crippen LogP contribution < -0.4 is 9.47 Å². The highest BCUT2D eigenvalue weighted by Gasteiger charge is 2.07. The van der Waals surface area contributed by atoms with Gasteiger partial charge in [-0.15, -0.1) is 0 Å². The van der Waals surface area contributed by atoms with Gasteiger partial charge in [0.05, 0.1) is 24.7 Å². The number of aromatic nitrogens is 1. The van der Waals surface area contributed by atoms with Crippen LogP contribution >= 0.6 is 0 Å². The van der Waals surface area contributed by atoms with Crippen LogP contribution in [0.4, 0.5) is 5.69 Å². The Labute approximate surface area is 146 Å². The number of hydrogen-bond donors (Lipinski definition) is 0. The van der Waals surface area contributed by atoms with Gasteiger partial charge in [0.1, 0.15) is 0 Å². The lowest BCUT2D eigenvalue weighted by atomic mass is 10.1. The van der Waals surface area contributed by atoms with Gasteiger partial charge in [-0.2, -0.15) is 0 Å². The first-order valence-electron chi connectivity index (χ1n) is 7.64. The Bertz CT molecular complexity index is 876.